The van der Waals surface area contributed by atoms with Crippen molar-refractivity contribution in [3.8, 4) is 0 Å². The molecule has 17 heteroatoms. The summed E-state index contributed by atoms with van der Waals surface area (Å²) in [7, 11) is 3.29. The zero-order chi connectivity index (χ0) is 52.2. The highest BCUT2D eigenvalue weighted by Crippen LogP contribution is 2.34. The number of Topliss-reactive ketones (excluding diaryl/α,β-unsaturated/α-hetero) is 2. The zero-order valence-electron chi connectivity index (χ0n) is 43.5. The maximum atomic E-state index is 14.6. The summed E-state index contributed by atoms with van der Waals surface area (Å²) in [5, 5.41) is 20.5. The number of carbonyl (C=O) groups is 8. The lowest BCUT2D eigenvalue weighted by Gasteiger charge is -2.36. The Bertz CT molecular complexity index is 2210. The molecule has 1 aliphatic heterocycles. The van der Waals surface area contributed by atoms with Crippen LogP contribution < -0.4 is 43.0 Å². The van der Waals surface area contributed by atoms with Gasteiger partial charge in [0.05, 0.1) is 18.1 Å². The molecular formula is C53H81N9O8. The van der Waals surface area contributed by atoms with Crippen molar-refractivity contribution in [1.29, 1.82) is 0 Å². The maximum absolute atomic E-state index is 14.6. The standard InChI is InChI=1S/C53H81N9O8/c1-29(2)31(5)57-49(67)41(59-51(69)45(30(3)4)60-47(65)32(6)55-11)21-16-22-43(63)36-25-37(27-38(54)26-36)44(64)24-34-23-42(50(68)58-40-20-15-18-35-17-13-14-19-39(35)40)62(28-34)52(70)46(53(8,9)10)61-48(66)33(7)56-12/h13-14,17,19,25-27,29-34,40-42,45-46,55-56H,15-16,18,20-24,28,54H2,1-12H3,(H,57,67)(H,58,68)(H,59,69)(H,60,65)(H,61,66)/t31-,32+,33+,34-,40-,41+,42+,45+,46-/m1/s1. The van der Waals surface area contributed by atoms with E-state index < -0.39 is 65.3 Å². The number of nitrogen functional groups attached to an aromatic ring is 1. The Hall–Kier alpha value is -5.68. The predicted molar refractivity (Wildman–Crippen MR) is 271 cm³/mol. The number of amides is 6. The first kappa shape index (κ1) is 56.9. The molecule has 9 atom stereocenters. The summed E-state index contributed by atoms with van der Waals surface area (Å²) >= 11 is 0. The molecule has 70 heavy (non-hydrogen) atoms. The van der Waals surface area contributed by atoms with E-state index in [1.54, 1.807) is 41.8 Å². The summed E-state index contributed by atoms with van der Waals surface area (Å²) in [6, 6.07) is 7.12. The lowest BCUT2D eigenvalue weighted by Crippen LogP contribution is -2.59. The number of hydrogen-bond acceptors (Lipinski definition) is 11. The van der Waals surface area contributed by atoms with Gasteiger partial charge in [-0.3, -0.25) is 38.4 Å². The average molecular weight is 972 g/mol. The molecule has 1 aliphatic carbocycles. The van der Waals surface area contributed by atoms with Crippen molar-refractivity contribution in [2.75, 3.05) is 26.4 Å². The van der Waals surface area contributed by atoms with Gasteiger partial charge in [-0.15, -0.1) is 0 Å². The minimum atomic E-state index is -1.01. The third-order valence-electron chi connectivity index (χ3n) is 13.9. The Morgan fingerprint density at radius 3 is 1.96 bits per heavy atom. The van der Waals surface area contributed by atoms with Crippen LogP contribution in [0.3, 0.4) is 0 Å². The van der Waals surface area contributed by atoms with E-state index in [4.69, 9.17) is 5.73 Å². The first-order chi connectivity index (χ1) is 32.9. The third-order valence-corrected chi connectivity index (χ3v) is 13.9. The Balaban J connectivity index is 1.53. The number of nitrogens with one attached hydrogen (secondary N) is 7. The summed E-state index contributed by atoms with van der Waals surface area (Å²) in [6.45, 7) is 18.4. The molecule has 1 heterocycles. The van der Waals surface area contributed by atoms with Crippen LogP contribution in [0.2, 0.25) is 0 Å². The van der Waals surface area contributed by atoms with Crippen molar-refractivity contribution in [1.82, 2.24) is 42.1 Å². The highest BCUT2D eigenvalue weighted by molar-refractivity contribution is 6.03. The van der Waals surface area contributed by atoms with Gasteiger partial charge in [-0.05, 0) is 126 Å². The van der Waals surface area contributed by atoms with Crippen LogP contribution in [0.25, 0.3) is 0 Å². The van der Waals surface area contributed by atoms with Gasteiger partial charge < -0.3 is 47.9 Å². The number of nitrogens with two attached hydrogens (primary N) is 1. The topological polar surface area (TPSA) is 250 Å². The Kier molecular flexibility index (Phi) is 20.7. The first-order valence-corrected chi connectivity index (χ1v) is 25.1. The SMILES string of the molecule is CN[C@@H](C)C(=O)N[C@H](C(=O)N[C@@H](CCCC(=O)c1cc(N)cc(C(=O)C[C@H]2C[C@@H](C(=O)N[C@@H]3CCCc4ccccc43)N(C(=O)[C@@H](NC(=O)[C@H](C)NC)C(C)(C)C)C2)c1)C(=O)N[C@H](C)C(C)C)C(C)C. The molecule has 6 amide bonds. The third kappa shape index (κ3) is 15.4. The molecular weight excluding hydrogens is 891 g/mol. The molecule has 386 valence electrons. The number of carbonyl (C=O) groups excluding carboxylic acids is 8. The number of anilines is 1. The number of likely N-dealkylation sites (N-methyl/N-ethyl adjacent to an activating group) is 2. The van der Waals surface area contributed by atoms with Crippen molar-refractivity contribution in [2.24, 2.45) is 23.2 Å². The summed E-state index contributed by atoms with van der Waals surface area (Å²) in [5.41, 5.74) is 8.40. The van der Waals surface area contributed by atoms with Gasteiger partial charge in [0.1, 0.15) is 24.2 Å². The van der Waals surface area contributed by atoms with E-state index in [0.717, 1.165) is 24.8 Å². The van der Waals surface area contributed by atoms with Gasteiger partial charge >= 0.3 is 0 Å². The van der Waals surface area contributed by atoms with Crippen molar-refractivity contribution in [3.63, 3.8) is 0 Å². The highest BCUT2D eigenvalue weighted by Gasteiger charge is 2.46. The molecule has 0 unspecified atom stereocenters. The van der Waals surface area contributed by atoms with E-state index >= 15 is 0 Å². The Labute approximate surface area is 415 Å². The van der Waals surface area contributed by atoms with Gasteiger partial charge in [0.25, 0.3) is 0 Å². The number of likely N-dealkylation sites (tertiary alicyclic amines) is 1. The molecule has 17 nitrogen and oxygen atoms in total. The number of rotatable bonds is 23. The van der Waals surface area contributed by atoms with Crippen LogP contribution in [-0.2, 0) is 35.2 Å². The van der Waals surface area contributed by atoms with E-state index in [9.17, 15) is 38.4 Å². The van der Waals surface area contributed by atoms with E-state index in [1.165, 1.54) is 28.7 Å². The lowest BCUT2D eigenvalue weighted by atomic mass is 9.85. The summed E-state index contributed by atoms with van der Waals surface area (Å²) in [5.74, 6) is -3.67. The number of fused-ring (bicyclic) bond motifs is 1. The van der Waals surface area contributed by atoms with Crippen LogP contribution in [0.4, 0.5) is 5.69 Å². The van der Waals surface area contributed by atoms with Crippen LogP contribution in [0.1, 0.15) is 152 Å². The van der Waals surface area contributed by atoms with E-state index in [0.29, 0.717) is 0 Å². The molecule has 0 aromatic heterocycles. The fourth-order valence-electron chi connectivity index (χ4n) is 8.88. The fourth-order valence-corrected chi connectivity index (χ4v) is 8.88. The number of benzene rings is 2. The van der Waals surface area contributed by atoms with Gasteiger partial charge in [0, 0.05) is 42.2 Å². The monoisotopic (exact) mass is 972 g/mol. The van der Waals surface area contributed by atoms with E-state index in [1.807, 2.05) is 59.7 Å². The number of nitrogens with zero attached hydrogens (tertiary/aromatic N) is 1. The van der Waals surface area contributed by atoms with E-state index in [-0.39, 0.29) is 109 Å². The molecule has 1 fully saturated rings. The second-order valence-corrected chi connectivity index (χ2v) is 21.2. The molecule has 2 aliphatic rings. The van der Waals surface area contributed by atoms with Gasteiger partial charge in [-0.2, -0.15) is 0 Å². The lowest BCUT2D eigenvalue weighted by molar-refractivity contribution is -0.144. The van der Waals surface area contributed by atoms with Gasteiger partial charge in [0.2, 0.25) is 35.4 Å². The van der Waals surface area contributed by atoms with Gasteiger partial charge in [-0.25, -0.2) is 0 Å². The van der Waals surface area contributed by atoms with Crippen LogP contribution in [0.15, 0.2) is 42.5 Å². The summed E-state index contributed by atoms with van der Waals surface area (Å²) in [4.78, 5) is 112. The van der Waals surface area contributed by atoms with Crippen LogP contribution in [-0.4, -0.2) is 115 Å². The zero-order valence-corrected chi connectivity index (χ0v) is 43.5. The Morgan fingerprint density at radius 2 is 1.36 bits per heavy atom. The van der Waals surface area contributed by atoms with Crippen molar-refractivity contribution in [2.45, 2.75) is 169 Å². The van der Waals surface area contributed by atoms with E-state index in [2.05, 4.69) is 43.3 Å². The fraction of sp³-hybridized carbons (Fsp3) is 0.623. The molecule has 2 aromatic rings. The minimum Gasteiger partial charge on any atom is -0.399 e. The van der Waals surface area contributed by atoms with Crippen LogP contribution in [0.5, 0.6) is 0 Å². The summed E-state index contributed by atoms with van der Waals surface area (Å²) in [6.07, 6.45) is 2.98. The molecule has 1 saturated heterocycles. The van der Waals surface area contributed by atoms with Crippen molar-refractivity contribution in [3.05, 3.63) is 64.7 Å². The van der Waals surface area contributed by atoms with Gasteiger partial charge in [-0.1, -0.05) is 72.7 Å². The van der Waals surface area contributed by atoms with Crippen molar-refractivity contribution < 1.29 is 38.4 Å². The largest absolute Gasteiger partial charge is 0.399 e. The number of aryl methyl sites for hydroxylation is 1. The normalized spacial score (nSPS) is 19.5. The van der Waals surface area contributed by atoms with Crippen LogP contribution >= 0.6 is 0 Å². The first-order valence-electron chi connectivity index (χ1n) is 25.1. The smallest absolute Gasteiger partial charge is 0.246 e. The molecule has 2 aromatic carbocycles. The molecule has 0 radical (unpaired) electrons. The van der Waals surface area contributed by atoms with Crippen LogP contribution in [0, 0.1) is 23.2 Å². The van der Waals surface area contributed by atoms with Crippen molar-refractivity contribution >= 4 is 52.7 Å². The number of hydrogen-bond donors (Lipinski definition) is 8. The second kappa shape index (κ2) is 25.4. The Morgan fingerprint density at radius 1 is 0.743 bits per heavy atom. The quantitative estimate of drug-likeness (QED) is 0.0581. The van der Waals surface area contributed by atoms with Gasteiger partial charge in [0.15, 0.2) is 11.6 Å². The molecule has 0 bridgehead atoms. The predicted octanol–water partition coefficient (Wildman–Crippen LogP) is 4.14. The molecule has 9 N–H and O–H groups in total. The second-order valence-electron chi connectivity index (χ2n) is 21.2. The maximum Gasteiger partial charge on any atom is 0.246 e. The molecule has 4 rings (SSSR count). The highest BCUT2D eigenvalue weighted by atomic mass is 16.2. The number of ketones is 2. The summed E-state index contributed by atoms with van der Waals surface area (Å²) < 4.78 is 0. The minimum absolute atomic E-state index is 0.0268. The average Bonchev–Trinajstić information content (AvgIpc) is 3.74. The molecule has 0 spiro atoms. The molecule has 0 saturated carbocycles.